The van der Waals surface area contributed by atoms with E-state index in [0.717, 1.165) is 68.4 Å². The molecular weight excluding hydrogens is 496 g/mol. The molecule has 9 nitrogen and oxygen atoms in total. The molecule has 4 rings (SSSR count). The van der Waals surface area contributed by atoms with Crippen molar-refractivity contribution in [3.63, 3.8) is 0 Å². The topological polar surface area (TPSA) is 93.3 Å². The Morgan fingerprint density at radius 1 is 1.13 bits per heavy atom. The molecule has 0 aromatic heterocycles. The zero-order valence-electron chi connectivity index (χ0n) is 23.5. The largest absolute Gasteiger partial charge is 0.497 e. The van der Waals surface area contributed by atoms with Gasteiger partial charge in [-0.05, 0) is 54.2 Å². The molecule has 2 aromatic rings. The van der Waals surface area contributed by atoms with Crippen LogP contribution in [-0.4, -0.2) is 78.8 Å². The number of fused-ring (bicyclic) bond motifs is 1. The van der Waals surface area contributed by atoms with Gasteiger partial charge in [0.05, 0.1) is 32.1 Å². The van der Waals surface area contributed by atoms with Gasteiger partial charge in [0, 0.05) is 52.4 Å². The van der Waals surface area contributed by atoms with E-state index in [1.54, 1.807) is 14.2 Å². The highest BCUT2D eigenvalue weighted by molar-refractivity contribution is 5.73. The van der Waals surface area contributed by atoms with Crippen LogP contribution in [0.5, 0.6) is 11.5 Å². The first-order chi connectivity index (χ1) is 19.1. The second kappa shape index (κ2) is 15.0. The van der Waals surface area contributed by atoms with Gasteiger partial charge in [0.2, 0.25) is 0 Å². The lowest BCUT2D eigenvalue weighted by Gasteiger charge is -2.39. The number of carbonyl (C=O) groups is 1. The standard InChI is InChI=1S/C30H44N4O5/c1-4-12-32-30(35)33-19-24-18-31-20-28(29(24)23-7-9-25(37-3)10-8-23)39-21-22-6-11-27-26(17-22)34(14-16-38-27)13-5-15-36-2/h6-11,17,24,28-29,31H,4-5,12-16,18-21H2,1-3H3,(H2,32,33,35)/t24-,28-,29-/m0/s1. The van der Waals surface area contributed by atoms with Crippen LogP contribution >= 0.6 is 0 Å². The summed E-state index contributed by atoms with van der Waals surface area (Å²) in [4.78, 5) is 14.6. The maximum absolute atomic E-state index is 12.3. The van der Waals surface area contributed by atoms with E-state index >= 15 is 0 Å². The number of benzene rings is 2. The molecule has 39 heavy (non-hydrogen) atoms. The van der Waals surface area contributed by atoms with Crippen molar-refractivity contribution in [1.82, 2.24) is 16.0 Å². The molecule has 3 atom stereocenters. The Hall–Kier alpha value is -3.01. The molecule has 2 amide bonds. The van der Waals surface area contributed by atoms with Crippen molar-refractivity contribution in [2.45, 2.75) is 38.4 Å². The summed E-state index contributed by atoms with van der Waals surface area (Å²) >= 11 is 0. The molecule has 2 heterocycles. The molecule has 0 unspecified atom stereocenters. The van der Waals surface area contributed by atoms with E-state index in [1.165, 1.54) is 5.56 Å². The van der Waals surface area contributed by atoms with Gasteiger partial charge in [-0.25, -0.2) is 4.79 Å². The van der Waals surface area contributed by atoms with Crippen LogP contribution in [0.2, 0.25) is 0 Å². The number of amides is 2. The van der Waals surface area contributed by atoms with E-state index in [2.05, 4.69) is 51.2 Å². The first kappa shape index (κ1) is 29.0. The van der Waals surface area contributed by atoms with Crippen LogP contribution < -0.4 is 30.3 Å². The van der Waals surface area contributed by atoms with Crippen molar-refractivity contribution in [1.29, 1.82) is 0 Å². The average Bonchev–Trinajstić information content (AvgIpc) is 2.98. The van der Waals surface area contributed by atoms with Crippen molar-refractivity contribution in [2.24, 2.45) is 5.92 Å². The number of carbonyl (C=O) groups excluding carboxylic acids is 1. The van der Waals surface area contributed by atoms with Crippen molar-refractivity contribution in [3.05, 3.63) is 53.6 Å². The van der Waals surface area contributed by atoms with Gasteiger partial charge in [-0.3, -0.25) is 0 Å². The molecule has 2 aliphatic rings. The average molecular weight is 541 g/mol. The molecule has 0 aliphatic carbocycles. The number of methoxy groups -OCH3 is 2. The maximum atomic E-state index is 12.3. The lowest BCUT2D eigenvalue weighted by Crippen LogP contribution is -2.51. The van der Waals surface area contributed by atoms with Crippen LogP contribution in [-0.2, 0) is 16.1 Å². The summed E-state index contributed by atoms with van der Waals surface area (Å²) in [5.41, 5.74) is 3.42. The molecule has 2 aromatic carbocycles. The minimum Gasteiger partial charge on any atom is -0.497 e. The van der Waals surface area contributed by atoms with Gasteiger partial charge in [0.25, 0.3) is 0 Å². The summed E-state index contributed by atoms with van der Waals surface area (Å²) in [5.74, 6) is 2.04. The first-order valence-corrected chi connectivity index (χ1v) is 14.1. The number of rotatable bonds is 13. The Bertz CT molecular complexity index is 1030. The lowest BCUT2D eigenvalue weighted by atomic mass is 9.79. The number of hydrogen-bond acceptors (Lipinski definition) is 7. The second-order valence-electron chi connectivity index (χ2n) is 10.2. The van der Waals surface area contributed by atoms with Gasteiger partial charge in [-0.15, -0.1) is 0 Å². The minimum absolute atomic E-state index is 0.0530. The summed E-state index contributed by atoms with van der Waals surface area (Å²) in [6, 6.07) is 14.4. The zero-order valence-corrected chi connectivity index (χ0v) is 23.5. The van der Waals surface area contributed by atoms with Crippen molar-refractivity contribution >= 4 is 11.7 Å². The Morgan fingerprint density at radius 3 is 2.74 bits per heavy atom. The minimum atomic E-state index is -0.125. The van der Waals surface area contributed by atoms with Gasteiger partial charge in [0.15, 0.2) is 0 Å². The van der Waals surface area contributed by atoms with Gasteiger partial charge in [-0.2, -0.15) is 0 Å². The summed E-state index contributed by atoms with van der Waals surface area (Å²) in [7, 11) is 3.42. The fraction of sp³-hybridized carbons (Fsp3) is 0.567. The summed E-state index contributed by atoms with van der Waals surface area (Å²) < 4.78 is 23.2. The third kappa shape index (κ3) is 8.00. The van der Waals surface area contributed by atoms with Gasteiger partial charge in [0.1, 0.15) is 18.1 Å². The van der Waals surface area contributed by atoms with Gasteiger partial charge >= 0.3 is 6.03 Å². The number of nitrogens with one attached hydrogen (secondary N) is 3. The molecule has 1 saturated heterocycles. The highest BCUT2D eigenvalue weighted by Crippen LogP contribution is 2.35. The molecular formula is C30H44N4O5. The molecule has 0 saturated carbocycles. The normalized spacial score (nSPS) is 20.6. The highest BCUT2D eigenvalue weighted by Gasteiger charge is 2.35. The third-order valence-electron chi connectivity index (χ3n) is 7.44. The number of piperidine rings is 1. The molecule has 2 aliphatic heterocycles. The van der Waals surface area contributed by atoms with Crippen LogP contribution in [0, 0.1) is 5.92 Å². The molecule has 1 fully saturated rings. The molecule has 0 radical (unpaired) electrons. The van der Waals surface area contributed by atoms with Crippen LogP contribution in [0.4, 0.5) is 10.5 Å². The van der Waals surface area contributed by atoms with Crippen molar-refractivity contribution in [2.75, 3.05) is 71.6 Å². The van der Waals surface area contributed by atoms with E-state index in [0.29, 0.717) is 26.3 Å². The molecule has 0 bridgehead atoms. The van der Waals surface area contributed by atoms with E-state index in [9.17, 15) is 4.79 Å². The molecule has 214 valence electrons. The summed E-state index contributed by atoms with van der Waals surface area (Å²) in [6.07, 6.45) is 1.82. The van der Waals surface area contributed by atoms with Crippen LogP contribution in [0.25, 0.3) is 0 Å². The molecule has 9 heteroatoms. The number of ether oxygens (including phenoxy) is 4. The van der Waals surface area contributed by atoms with Crippen molar-refractivity contribution in [3.8, 4) is 11.5 Å². The summed E-state index contributed by atoms with van der Waals surface area (Å²) in [6.45, 7) is 8.55. The lowest BCUT2D eigenvalue weighted by molar-refractivity contribution is -0.00555. The molecule has 3 N–H and O–H groups in total. The monoisotopic (exact) mass is 540 g/mol. The molecule has 0 spiro atoms. The van der Waals surface area contributed by atoms with E-state index in [4.69, 9.17) is 18.9 Å². The van der Waals surface area contributed by atoms with Gasteiger partial charge in [-0.1, -0.05) is 25.1 Å². The van der Waals surface area contributed by atoms with E-state index in [1.807, 2.05) is 19.1 Å². The summed E-state index contributed by atoms with van der Waals surface area (Å²) in [5, 5.41) is 9.50. The van der Waals surface area contributed by atoms with Crippen LogP contribution in [0.3, 0.4) is 0 Å². The predicted molar refractivity (Wildman–Crippen MR) is 153 cm³/mol. The Labute approximate surface area is 232 Å². The SMILES string of the molecule is CCCNC(=O)NC[C@@H]1CNC[C@H](OCc2ccc3c(c2)N(CCCOC)CCO3)[C@H]1c1ccc(OC)cc1. The number of urea groups is 1. The number of nitrogens with zero attached hydrogens (tertiary/aromatic N) is 1. The zero-order chi connectivity index (χ0) is 27.5. The first-order valence-electron chi connectivity index (χ1n) is 14.1. The predicted octanol–water partition coefficient (Wildman–Crippen LogP) is 3.53. The second-order valence-corrected chi connectivity index (χ2v) is 10.2. The van der Waals surface area contributed by atoms with E-state index in [-0.39, 0.29) is 24.0 Å². The number of anilines is 1. The van der Waals surface area contributed by atoms with Crippen molar-refractivity contribution < 1.29 is 23.7 Å². The Kier molecular flexibility index (Phi) is 11.1. The van der Waals surface area contributed by atoms with Crippen LogP contribution in [0.1, 0.15) is 36.8 Å². The smallest absolute Gasteiger partial charge is 0.314 e. The van der Waals surface area contributed by atoms with E-state index < -0.39 is 0 Å². The quantitative estimate of drug-likeness (QED) is 0.335. The maximum Gasteiger partial charge on any atom is 0.314 e. The highest BCUT2D eigenvalue weighted by atomic mass is 16.5. The Balaban J connectivity index is 1.47. The van der Waals surface area contributed by atoms with Gasteiger partial charge < -0.3 is 39.8 Å². The van der Waals surface area contributed by atoms with Crippen LogP contribution in [0.15, 0.2) is 42.5 Å². The number of hydrogen-bond donors (Lipinski definition) is 3. The fourth-order valence-electron chi connectivity index (χ4n) is 5.41. The third-order valence-corrected chi connectivity index (χ3v) is 7.44. The Morgan fingerprint density at radius 2 is 1.97 bits per heavy atom. The fourth-order valence-corrected chi connectivity index (χ4v) is 5.41.